The highest BCUT2D eigenvalue weighted by Crippen LogP contribution is 1.99. The molecule has 16 heavy (non-hydrogen) atoms. The largest absolute Gasteiger partial charge is 0.481 e. The van der Waals surface area contributed by atoms with E-state index in [4.69, 9.17) is 16.6 Å². The first kappa shape index (κ1) is 14.0. The third-order valence-corrected chi connectivity index (χ3v) is 1.78. The van der Waals surface area contributed by atoms with Gasteiger partial charge in [0.1, 0.15) is 6.04 Å². The van der Waals surface area contributed by atoms with Gasteiger partial charge in [-0.2, -0.15) is 0 Å². The third-order valence-electron chi connectivity index (χ3n) is 1.78. The van der Waals surface area contributed by atoms with Gasteiger partial charge in [0.2, 0.25) is 5.91 Å². The van der Waals surface area contributed by atoms with Gasteiger partial charge in [-0.05, 0) is 6.42 Å². The van der Waals surface area contributed by atoms with Crippen molar-refractivity contribution in [3.8, 4) is 12.3 Å². The molecule has 0 saturated carbocycles. The molecule has 0 heterocycles. The molecule has 1 unspecified atom stereocenters. The zero-order valence-corrected chi connectivity index (χ0v) is 8.60. The maximum Gasteiger partial charge on any atom is 0.326 e. The van der Waals surface area contributed by atoms with Gasteiger partial charge in [-0.3, -0.25) is 9.59 Å². The minimum Gasteiger partial charge on any atom is -0.481 e. The second-order valence-corrected chi connectivity index (χ2v) is 3.09. The Labute approximate surface area is 92.6 Å². The molecule has 0 saturated heterocycles. The zero-order chi connectivity index (χ0) is 12.6. The number of carboxylic acid groups (broad SMARTS) is 2. The van der Waals surface area contributed by atoms with Gasteiger partial charge < -0.3 is 15.5 Å². The summed E-state index contributed by atoms with van der Waals surface area (Å²) in [5.74, 6) is -0.603. The summed E-state index contributed by atoms with van der Waals surface area (Å²) in [4.78, 5) is 32.1. The fourth-order valence-electron chi connectivity index (χ4n) is 0.977. The molecule has 88 valence electrons. The minimum atomic E-state index is -1.25. The number of terminal acetylenes is 1. The molecule has 0 fully saturated rings. The average molecular weight is 227 g/mol. The van der Waals surface area contributed by atoms with Gasteiger partial charge in [0, 0.05) is 19.3 Å². The summed E-state index contributed by atoms with van der Waals surface area (Å²) in [5.41, 5.74) is 0. The summed E-state index contributed by atoms with van der Waals surface area (Å²) < 4.78 is 0. The summed E-state index contributed by atoms with van der Waals surface area (Å²) >= 11 is 0. The van der Waals surface area contributed by atoms with Crippen molar-refractivity contribution in [2.24, 2.45) is 0 Å². The Hall–Kier alpha value is -2.03. The fourth-order valence-corrected chi connectivity index (χ4v) is 0.977. The second-order valence-electron chi connectivity index (χ2n) is 3.09. The summed E-state index contributed by atoms with van der Waals surface area (Å²) in [6.45, 7) is 0. The predicted molar refractivity (Wildman–Crippen MR) is 54.5 cm³/mol. The molecule has 0 aromatic heterocycles. The van der Waals surface area contributed by atoms with Crippen LogP contribution < -0.4 is 5.32 Å². The monoisotopic (exact) mass is 227 g/mol. The van der Waals surface area contributed by atoms with Crippen molar-refractivity contribution in [1.82, 2.24) is 5.32 Å². The van der Waals surface area contributed by atoms with Crippen LogP contribution in [0.4, 0.5) is 0 Å². The van der Waals surface area contributed by atoms with E-state index in [1.165, 1.54) is 0 Å². The Morgan fingerprint density at radius 1 is 1.25 bits per heavy atom. The fraction of sp³-hybridized carbons (Fsp3) is 0.500. The number of hydrogen-bond acceptors (Lipinski definition) is 3. The van der Waals surface area contributed by atoms with E-state index >= 15 is 0 Å². The van der Waals surface area contributed by atoms with Gasteiger partial charge >= 0.3 is 11.9 Å². The molecule has 0 aromatic carbocycles. The number of carbonyl (C=O) groups is 3. The van der Waals surface area contributed by atoms with Crippen LogP contribution >= 0.6 is 0 Å². The van der Waals surface area contributed by atoms with Crippen LogP contribution in [0.2, 0.25) is 0 Å². The van der Waals surface area contributed by atoms with Crippen LogP contribution in [0.3, 0.4) is 0 Å². The first-order chi connectivity index (χ1) is 7.47. The van der Waals surface area contributed by atoms with E-state index < -0.39 is 23.9 Å². The van der Waals surface area contributed by atoms with Gasteiger partial charge in [-0.25, -0.2) is 4.79 Å². The van der Waals surface area contributed by atoms with Gasteiger partial charge in [0.05, 0.1) is 0 Å². The molecular formula is C10H13NO5. The van der Waals surface area contributed by atoms with Crippen LogP contribution in [-0.4, -0.2) is 34.1 Å². The lowest BCUT2D eigenvalue weighted by atomic mass is 10.1. The summed E-state index contributed by atoms with van der Waals surface area (Å²) in [7, 11) is 0. The zero-order valence-electron chi connectivity index (χ0n) is 8.60. The SMILES string of the molecule is C#CCCC(=O)NC(CCC(=O)O)C(=O)O. The number of aliphatic carboxylic acids is 2. The quantitative estimate of drug-likeness (QED) is 0.524. The van der Waals surface area contributed by atoms with Gasteiger partial charge in [-0.1, -0.05) is 0 Å². The van der Waals surface area contributed by atoms with Crippen LogP contribution in [0.1, 0.15) is 25.7 Å². The molecule has 3 N–H and O–H groups in total. The Balaban J connectivity index is 4.13. The first-order valence-electron chi connectivity index (χ1n) is 4.64. The lowest BCUT2D eigenvalue weighted by molar-refractivity contribution is -0.143. The molecule has 0 bridgehead atoms. The number of amides is 1. The van der Waals surface area contributed by atoms with E-state index in [-0.39, 0.29) is 25.7 Å². The molecule has 1 amide bonds. The summed E-state index contributed by atoms with van der Waals surface area (Å²) in [6.07, 6.45) is 4.74. The van der Waals surface area contributed by atoms with Crippen molar-refractivity contribution in [3.05, 3.63) is 0 Å². The molecule has 0 aromatic rings. The lowest BCUT2D eigenvalue weighted by Gasteiger charge is -2.12. The maximum atomic E-state index is 11.1. The number of hydrogen-bond donors (Lipinski definition) is 3. The number of nitrogens with one attached hydrogen (secondary N) is 1. The topological polar surface area (TPSA) is 104 Å². The molecule has 0 aliphatic rings. The summed E-state index contributed by atoms with van der Waals surface area (Å²) in [6, 6.07) is -1.18. The summed E-state index contributed by atoms with van der Waals surface area (Å²) in [5, 5.41) is 19.3. The van der Waals surface area contributed by atoms with E-state index in [1.807, 2.05) is 0 Å². The Bertz CT molecular complexity index is 318. The van der Waals surface area contributed by atoms with Crippen molar-refractivity contribution < 1.29 is 24.6 Å². The van der Waals surface area contributed by atoms with Crippen molar-refractivity contribution in [3.63, 3.8) is 0 Å². The van der Waals surface area contributed by atoms with Crippen LogP contribution in [0, 0.1) is 12.3 Å². The van der Waals surface area contributed by atoms with E-state index in [0.717, 1.165) is 0 Å². The Kier molecular flexibility index (Phi) is 6.36. The van der Waals surface area contributed by atoms with E-state index in [1.54, 1.807) is 0 Å². The number of rotatable bonds is 7. The number of carbonyl (C=O) groups excluding carboxylic acids is 1. The molecule has 0 rings (SSSR count). The van der Waals surface area contributed by atoms with Gasteiger partial charge in [-0.15, -0.1) is 12.3 Å². The predicted octanol–water partition coefficient (Wildman–Crippen LogP) is -0.166. The first-order valence-corrected chi connectivity index (χ1v) is 4.64. The van der Waals surface area contributed by atoms with Crippen molar-refractivity contribution in [1.29, 1.82) is 0 Å². The Morgan fingerprint density at radius 3 is 2.31 bits per heavy atom. The standard InChI is InChI=1S/C10H13NO5/c1-2-3-4-8(12)11-7(10(15)16)5-6-9(13)14/h1,7H,3-6H2,(H,11,12)(H,13,14)(H,15,16). The smallest absolute Gasteiger partial charge is 0.326 e. The normalized spacial score (nSPS) is 11.2. The molecule has 6 heteroatoms. The van der Waals surface area contributed by atoms with E-state index in [0.29, 0.717) is 0 Å². The van der Waals surface area contributed by atoms with Crippen LogP contribution in [0.25, 0.3) is 0 Å². The molecule has 6 nitrogen and oxygen atoms in total. The second kappa shape index (κ2) is 7.29. The molecule has 0 aliphatic carbocycles. The van der Waals surface area contributed by atoms with E-state index in [2.05, 4.69) is 11.2 Å². The van der Waals surface area contributed by atoms with Crippen molar-refractivity contribution in [2.45, 2.75) is 31.7 Å². The minimum absolute atomic E-state index is 0.0351. The van der Waals surface area contributed by atoms with Crippen LogP contribution in [0.5, 0.6) is 0 Å². The number of carboxylic acids is 2. The highest BCUT2D eigenvalue weighted by atomic mass is 16.4. The van der Waals surface area contributed by atoms with Gasteiger partial charge in [0.15, 0.2) is 0 Å². The molecule has 1 atom stereocenters. The molecule has 0 aliphatic heterocycles. The molecule has 0 spiro atoms. The highest BCUT2D eigenvalue weighted by Gasteiger charge is 2.20. The average Bonchev–Trinajstić information content (AvgIpc) is 2.20. The van der Waals surface area contributed by atoms with Crippen molar-refractivity contribution >= 4 is 17.8 Å². The van der Waals surface area contributed by atoms with Crippen LogP contribution in [0.15, 0.2) is 0 Å². The molecule has 0 radical (unpaired) electrons. The Morgan fingerprint density at radius 2 is 1.88 bits per heavy atom. The molecular weight excluding hydrogens is 214 g/mol. The van der Waals surface area contributed by atoms with Crippen LogP contribution in [-0.2, 0) is 14.4 Å². The third kappa shape index (κ3) is 6.43. The van der Waals surface area contributed by atoms with Crippen molar-refractivity contribution in [2.75, 3.05) is 0 Å². The van der Waals surface area contributed by atoms with E-state index in [9.17, 15) is 14.4 Å². The lowest BCUT2D eigenvalue weighted by Crippen LogP contribution is -2.40. The van der Waals surface area contributed by atoms with Gasteiger partial charge in [0.25, 0.3) is 0 Å². The highest BCUT2D eigenvalue weighted by molar-refractivity contribution is 5.84. The maximum absolute atomic E-state index is 11.1.